The zero-order chi connectivity index (χ0) is 17.6. The molecule has 7 heteroatoms. The normalized spacial score (nSPS) is 10.3. The summed E-state index contributed by atoms with van der Waals surface area (Å²) < 4.78 is 19.1. The maximum absolute atomic E-state index is 12.3. The van der Waals surface area contributed by atoms with Gasteiger partial charge in [-0.1, -0.05) is 6.07 Å². The van der Waals surface area contributed by atoms with Crippen LogP contribution >= 0.6 is 11.7 Å². The van der Waals surface area contributed by atoms with Crippen molar-refractivity contribution < 1.29 is 14.3 Å². The third kappa shape index (κ3) is 4.33. The first kappa shape index (κ1) is 16.9. The number of hydrogen-bond donors (Lipinski definition) is 1. The van der Waals surface area contributed by atoms with Crippen molar-refractivity contribution in [2.75, 3.05) is 12.4 Å². The smallest absolute Gasteiger partial charge is 0.255 e. The van der Waals surface area contributed by atoms with E-state index in [2.05, 4.69) is 14.1 Å². The summed E-state index contributed by atoms with van der Waals surface area (Å²) in [5, 5.41) is 2.84. The fraction of sp³-hybridized carbons (Fsp3) is 0.167. The number of amides is 1. The van der Waals surface area contributed by atoms with Gasteiger partial charge in [-0.05, 0) is 43.3 Å². The summed E-state index contributed by atoms with van der Waals surface area (Å²) in [4.78, 5) is 12.3. The Labute approximate surface area is 149 Å². The highest BCUT2D eigenvalue weighted by Gasteiger charge is 2.08. The minimum absolute atomic E-state index is 0.195. The number of rotatable bonds is 6. The van der Waals surface area contributed by atoms with E-state index >= 15 is 0 Å². The van der Waals surface area contributed by atoms with Crippen molar-refractivity contribution in [1.29, 1.82) is 0 Å². The van der Waals surface area contributed by atoms with E-state index in [4.69, 9.17) is 9.47 Å². The molecule has 128 valence electrons. The van der Waals surface area contributed by atoms with Crippen LogP contribution in [0.3, 0.4) is 0 Å². The first-order valence-electron chi connectivity index (χ1n) is 7.62. The molecule has 0 aliphatic carbocycles. The van der Waals surface area contributed by atoms with Gasteiger partial charge < -0.3 is 14.8 Å². The highest BCUT2D eigenvalue weighted by atomic mass is 32.1. The van der Waals surface area contributed by atoms with E-state index in [0.717, 1.165) is 11.4 Å². The molecule has 25 heavy (non-hydrogen) atoms. The topological polar surface area (TPSA) is 73.3 Å². The summed E-state index contributed by atoms with van der Waals surface area (Å²) in [6.45, 7) is 2.26. The summed E-state index contributed by atoms with van der Waals surface area (Å²) >= 11 is 1.17. The van der Waals surface area contributed by atoms with Crippen molar-refractivity contribution in [2.45, 2.75) is 13.5 Å². The van der Waals surface area contributed by atoms with Crippen LogP contribution in [0.1, 0.15) is 21.7 Å². The number of aromatic nitrogens is 2. The average molecular weight is 355 g/mol. The largest absolute Gasteiger partial charge is 0.497 e. The minimum atomic E-state index is -0.195. The molecule has 0 unspecified atom stereocenters. The Morgan fingerprint density at radius 1 is 1.12 bits per heavy atom. The van der Waals surface area contributed by atoms with Crippen LogP contribution in [0.5, 0.6) is 11.5 Å². The average Bonchev–Trinajstić information content (AvgIpc) is 3.05. The number of ether oxygens (including phenoxy) is 2. The van der Waals surface area contributed by atoms with Crippen LogP contribution in [0.15, 0.2) is 48.5 Å². The van der Waals surface area contributed by atoms with Crippen molar-refractivity contribution in [3.8, 4) is 11.5 Å². The van der Waals surface area contributed by atoms with Crippen LogP contribution < -0.4 is 14.8 Å². The standard InChI is InChI=1S/C18H17N3O3S/c1-12-17(21-25-20-12)11-24-15-8-6-13(7-9-15)18(22)19-14-4-3-5-16(10-14)23-2/h3-10H,11H2,1-2H3,(H,19,22). The number of carbonyl (C=O) groups is 1. The van der Waals surface area contributed by atoms with Crippen LogP contribution in [0, 0.1) is 6.92 Å². The maximum atomic E-state index is 12.3. The first-order chi connectivity index (χ1) is 12.2. The van der Waals surface area contributed by atoms with Gasteiger partial charge in [-0.2, -0.15) is 8.75 Å². The number of benzene rings is 2. The molecule has 6 nitrogen and oxygen atoms in total. The predicted molar refractivity (Wildman–Crippen MR) is 96.4 cm³/mol. The molecule has 1 aromatic heterocycles. The van der Waals surface area contributed by atoms with Gasteiger partial charge in [0.1, 0.15) is 23.8 Å². The molecule has 0 radical (unpaired) electrons. The van der Waals surface area contributed by atoms with E-state index in [1.807, 2.05) is 25.1 Å². The Hall–Kier alpha value is -2.93. The molecule has 0 saturated heterocycles. The lowest BCUT2D eigenvalue weighted by Gasteiger charge is -2.08. The zero-order valence-corrected chi connectivity index (χ0v) is 14.7. The number of nitrogens with zero attached hydrogens (tertiary/aromatic N) is 2. The summed E-state index contributed by atoms with van der Waals surface area (Å²) in [5.41, 5.74) is 2.92. The van der Waals surface area contributed by atoms with Crippen LogP contribution in [0.25, 0.3) is 0 Å². The molecule has 1 heterocycles. The second-order valence-corrected chi connectivity index (χ2v) is 5.82. The molecule has 0 spiro atoms. The third-order valence-corrected chi connectivity index (χ3v) is 4.22. The maximum Gasteiger partial charge on any atom is 0.255 e. The Kier molecular flexibility index (Phi) is 5.25. The summed E-state index contributed by atoms with van der Waals surface area (Å²) in [6.07, 6.45) is 0. The number of nitrogens with one attached hydrogen (secondary N) is 1. The van der Waals surface area contributed by atoms with Gasteiger partial charge in [0.2, 0.25) is 0 Å². The number of aryl methyl sites for hydroxylation is 1. The monoisotopic (exact) mass is 355 g/mol. The van der Waals surface area contributed by atoms with E-state index in [1.54, 1.807) is 37.4 Å². The van der Waals surface area contributed by atoms with E-state index in [1.165, 1.54) is 11.7 Å². The van der Waals surface area contributed by atoms with Crippen molar-refractivity contribution in [3.63, 3.8) is 0 Å². The SMILES string of the molecule is COc1cccc(NC(=O)c2ccc(OCc3nsnc3C)cc2)c1. The molecular formula is C18H17N3O3S. The van der Waals surface area contributed by atoms with Gasteiger partial charge in [0.05, 0.1) is 24.5 Å². The molecule has 0 aliphatic rings. The Bertz CT molecular complexity index is 862. The van der Waals surface area contributed by atoms with Crippen molar-refractivity contribution in [3.05, 3.63) is 65.5 Å². The molecule has 0 bridgehead atoms. The highest BCUT2D eigenvalue weighted by Crippen LogP contribution is 2.19. The second-order valence-electron chi connectivity index (χ2n) is 5.30. The molecule has 0 fully saturated rings. The molecule has 2 aromatic carbocycles. The van der Waals surface area contributed by atoms with Crippen LogP contribution in [0.4, 0.5) is 5.69 Å². The van der Waals surface area contributed by atoms with Crippen LogP contribution in [-0.2, 0) is 6.61 Å². The molecular weight excluding hydrogens is 338 g/mol. The molecule has 0 aliphatic heterocycles. The fourth-order valence-corrected chi connectivity index (χ4v) is 2.69. The predicted octanol–water partition coefficient (Wildman–Crippen LogP) is 3.69. The summed E-state index contributed by atoms with van der Waals surface area (Å²) in [6, 6.07) is 14.2. The quantitative estimate of drug-likeness (QED) is 0.730. The van der Waals surface area contributed by atoms with Gasteiger partial charge in [-0.25, -0.2) is 0 Å². The number of anilines is 1. The van der Waals surface area contributed by atoms with Gasteiger partial charge in [0.15, 0.2) is 0 Å². The lowest BCUT2D eigenvalue weighted by atomic mass is 10.2. The zero-order valence-electron chi connectivity index (χ0n) is 13.9. The molecule has 1 amide bonds. The minimum Gasteiger partial charge on any atom is -0.497 e. The van der Waals surface area contributed by atoms with Gasteiger partial charge in [-0.3, -0.25) is 4.79 Å². The molecule has 3 aromatic rings. The third-order valence-electron chi connectivity index (χ3n) is 3.57. The number of methoxy groups -OCH3 is 1. The van der Waals surface area contributed by atoms with Gasteiger partial charge in [-0.15, -0.1) is 0 Å². The number of carbonyl (C=O) groups excluding carboxylic acids is 1. The Morgan fingerprint density at radius 3 is 2.60 bits per heavy atom. The number of hydrogen-bond acceptors (Lipinski definition) is 6. The highest BCUT2D eigenvalue weighted by molar-refractivity contribution is 6.99. The Balaban J connectivity index is 1.61. The Morgan fingerprint density at radius 2 is 1.92 bits per heavy atom. The van der Waals surface area contributed by atoms with E-state index in [9.17, 15) is 4.79 Å². The summed E-state index contributed by atoms with van der Waals surface area (Å²) in [5.74, 6) is 1.16. The van der Waals surface area contributed by atoms with Crippen molar-refractivity contribution >= 4 is 23.3 Å². The van der Waals surface area contributed by atoms with Gasteiger partial charge >= 0.3 is 0 Å². The van der Waals surface area contributed by atoms with Crippen molar-refractivity contribution in [1.82, 2.24) is 8.75 Å². The lowest BCUT2D eigenvalue weighted by Crippen LogP contribution is -2.11. The molecule has 1 N–H and O–H groups in total. The van der Waals surface area contributed by atoms with Gasteiger partial charge in [0, 0.05) is 17.3 Å². The molecule has 3 rings (SSSR count). The van der Waals surface area contributed by atoms with E-state index in [-0.39, 0.29) is 5.91 Å². The molecule has 0 atom stereocenters. The van der Waals surface area contributed by atoms with E-state index in [0.29, 0.717) is 29.4 Å². The fourth-order valence-electron chi connectivity index (χ4n) is 2.14. The van der Waals surface area contributed by atoms with Crippen LogP contribution in [-0.4, -0.2) is 21.8 Å². The van der Waals surface area contributed by atoms with Crippen molar-refractivity contribution in [2.24, 2.45) is 0 Å². The van der Waals surface area contributed by atoms with Crippen LogP contribution in [0.2, 0.25) is 0 Å². The van der Waals surface area contributed by atoms with E-state index < -0.39 is 0 Å². The van der Waals surface area contributed by atoms with Gasteiger partial charge in [0.25, 0.3) is 5.91 Å². The second kappa shape index (κ2) is 7.76. The molecule has 0 saturated carbocycles. The summed E-state index contributed by atoms with van der Waals surface area (Å²) in [7, 11) is 1.59. The first-order valence-corrected chi connectivity index (χ1v) is 8.35. The lowest BCUT2D eigenvalue weighted by molar-refractivity contribution is 0.102.